The number of benzene rings is 1. The molecule has 9 heteroatoms. The van der Waals surface area contributed by atoms with Crippen molar-refractivity contribution in [1.82, 2.24) is 4.98 Å². The second-order valence-corrected chi connectivity index (χ2v) is 5.83. The van der Waals surface area contributed by atoms with Crippen molar-refractivity contribution in [2.75, 3.05) is 22.6 Å². The van der Waals surface area contributed by atoms with Crippen LogP contribution in [0.3, 0.4) is 0 Å². The molecular formula is C16H18N4O4S. The van der Waals surface area contributed by atoms with Crippen LogP contribution < -0.4 is 16.0 Å². The first-order valence-electron chi connectivity index (χ1n) is 7.52. The molecule has 1 aromatic heterocycles. The fourth-order valence-electron chi connectivity index (χ4n) is 1.95. The van der Waals surface area contributed by atoms with Gasteiger partial charge in [0, 0.05) is 23.7 Å². The molecule has 0 aliphatic carbocycles. The molecule has 8 nitrogen and oxygen atoms in total. The molecule has 0 fully saturated rings. The summed E-state index contributed by atoms with van der Waals surface area (Å²) in [7, 11) is 0. The molecule has 0 aliphatic heterocycles. The van der Waals surface area contributed by atoms with Crippen molar-refractivity contribution in [3.8, 4) is 0 Å². The average Bonchev–Trinajstić information content (AvgIpc) is 2.93. The number of carbonyl (C=O) groups excluding carboxylic acids is 3. The van der Waals surface area contributed by atoms with E-state index in [-0.39, 0.29) is 24.8 Å². The first-order chi connectivity index (χ1) is 12.0. The molecule has 0 aliphatic rings. The van der Waals surface area contributed by atoms with Crippen LogP contribution in [-0.4, -0.2) is 29.5 Å². The van der Waals surface area contributed by atoms with E-state index in [0.717, 1.165) is 0 Å². The minimum absolute atomic E-state index is 0.0609. The standard InChI is InChI=1S/C16H18N4O4S/c1-3-24-16(23)20-15-19-13(9-25-15)8-14(22)18-12-6-4-5-11(7-12)17-10(2)21/h4-7,9H,3,8H2,1-2H3,(H,17,21)(H,18,22)(H,19,20,23). The average molecular weight is 362 g/mol. The molecular weight excluding hydrogens is 344 g/mol. The number of aromatic nitrogens is 1. The van der Waals surface area contributed by atoms with Crippen LogP contribution in [-0.2, 0) is 20.7 Å². The summed E-state index contributed by atoms with van der Waals surface area (Å²) >= 11 is 1.21. The van der Waals surface area contributed by atoms with Crippen molar-refractivity contribution in [3.05, 3.63) is 35.3 Å². The highest BCUT2D eigenvalue weighted by molar-refractivity contribution is 7.13. The number of anilines is 3. The molecule has 1 heterocycles. The summed E-state index contributed by atoms with van der Waals surface area (Å²) in [6, 6.07) is 6.84. The topological polar surface area (TPSA) is 109 Å². The molecule has 0 bridgehead atoms. The Bertz CT molecular complexity index is 775. The van der Waals surface area contributed by atoms with Gasteiger partial charge in [-0.1, -0.05) is 6.07 Å². The van der Waals surface area contributed by atoms with Crippen LogP contribution in [0, 0.1) is 0 Å². The summed E-state index contributed by atoms with van der Waals surface area (Å²) in [6.07, 6.45) is -0.520. The van der Waals surface area contributed by atoms with E-state index in [1.54, 1.807) is 36.6 Å². The second-order valence-electron chi connectivity index (χ2n) is 4.98. The Morgan fingerprint density at radius 2 is 1.88 bits per heavy atom. The van der Waals surface area contributed by atoms with Gasteiger partial charge in [-0.2, -0.15) is 0 Å². The number of hydrogen-bond donors (Lipinski definition) is 3. The Morgan fingerprint density at radius 1 is 1.16 bits per heavy atom. The smallest absolute Gasteiger partial charge is 0.413 e. The number of ether oxygens (including phenoxy) is 1. The number of nitrogens with zero attached hydrogens (tertiary/aromatic N) is 1. The molecule has 0 saturated heterocycles. The fraction of sp³-hybridized carbons (Fsp3) is 0.250. The third-order valence-electron chi connectivity index (χ3n) is 2.84. The Labute approximate surface area is 148 Å². The summed E-state index contributed by atoms with van der Waals surface area (Å²) in [4.78, 5) is 38.6. The first kappa shape index (κ1) is 18.4. The SMILES string of the molecule is CCOC(=O)Nc1nc(CC(=O)Nc2cccc(NC(C)=O)c2)cs1. The van der Waals surface area contributed by atoms with Crippen molar-refractivity contribution in [2.45, 2.75) is 20.3 Å². The lowest BCUT2D eigenvalue weighted by Gasteiger charge is -2.07. The number of rotatable bonds is 6. The number of nitrogens with one attached hydrogen (secondary N) is 3. The van der Waals surface area contributed by atoms with Gasteiger partial charge in [0.1, 0.15) is 0 Å². The van der Waals surface area contributed by atoms with E-state index in [1.807, 2.05) is 0 Å². The maximum Gasteiger partial charge on any atom is 0.413 e. The van der Waals surface area contributed by atoms with Crippen LogP contribution in [0.2, 0.25) is 0 Å². The summed E-state index contributed by atoms with van der Waals surface area (Å²) in [5.41, 5.74) is 1.70. The van der Waals surface area contributed by atoms with Gasteiger partial charge in [-0.25, -0.2) is 9.78 Å². The molecule has 0 spiro atoms. The summed E-state index contributed by atoms with van der Waals surface area (Å²) in [6.45, 7) is 3.39. The summed E-state index contributed by atoms with van der Waals surface area (Å²) < 4.78 is 4.76. The summed E-state index contributed by atoms with van der Waals surface area (Å²) in [5, 5.41) is 9.93. The quantitative estimate of drug-likeness (QED) is 0.732. The largest absolute Gasteiger partial charge is 0.450 e. The lowest BCUT2D eigenvalue weighted by atomic mass is 10.2. The van der Waals surface area contributed by atoms with Crippen molar-refractivity contribution < 1.29 is 19.1 Å². The van der Waals surface area contributed by atoms with Gasteiger partial charge in [-0.3, -0.25) is 14.9 Å². The predicted molar refractivity (Wildman–Crippen MR) is 95.8 cm³/mol. The predicted octanol–water partition coefficient (Wildman–Crippen LogP) is 2.85. The van der Waals surface area contributed by atoms with Crippen LogP contribution in [0.15, 0.2) is 29.6 Å². The lowest BCUT2D eigenvalue weighted by Crippen LogP contribution is -2.15. The van der Waals surface area contributed by atoms with Crippen LogP contribution in [0.1, 0.15) is 19.5 Å². The normalized spacial score (nSPS) is 10.0. The van der Waals surface area contributed by atoms with Crippen LogP contribution in [0.25, 0.3) is 0 Å². The summed E-state index contributed by atoms with van der Waals surface area (Å²) in [5.74, 6) is -0.444. The van der Waals surface area contributed by atoms with E-state index in [4.69, 9.17) is 4.74 Å². The maximum absolute atomic E-state index is 12.1. The van der Waals surface area contributed by atoms with E-state index in [0.29, 0.717) is 22.2 Å². The van der Waals surface area contributed by atoms with Crippen LogP contribution >= 0.6 is 11.3 Å². The number of hydrogen-bond acceptors (Lipinski definition) is 6. The van der Waals surface area contributed by atoms with Gasteiger partial charge in [0.05, 0.1) is 18.7 Å². The van der Waals surface area contributed by atoms with Gasteiger partial charge in [-0.05, 0) is 25.1 Å². The molecule has 0 saturated carbocycles. The number of carbonyl (C=O) groups is 3. The van der Waals surface area contributed by atoms with E-state index >= 15 is 0 Å². The van der Waals surface area contributed by atoms with Gasteiger partial charge in [0.2, 0.25) is 11.8 Å². The van der Waals surface area contributed by atoms with Gasteiger partial charge >= 0.3 is 6.09 Å². The zero-order valence-corrected chi connectivity index (χ0v) is 14.6. The van der Waals surface area contributed by atoms with Crippen LogP contribution in [0.5, 0.6) is 0 Å². The highest BCUT2D eigenvalue weighted by atomic mass is 32.1. The molecule has 132 valence electrons. The van der Waals surface area contributed by atoms with Crippen LogP contribution in [0.4, 0.5) is 21.3 Å². The van der Waals surface area contributed by atoms with E-state index < -0.39 is 6.09 Å². The van der Waals surface area contributed by atoms with Crippen molar-refractivity contribution in [2.24, 2.45) is 0 Å². The molecule has 3 N–H and O–H groups in total. The van der Waals surface area contributed by atoms with E-state index in [9.17, 15) is 14.4 Å². The molecule has 2 aromatic rings. The third-order valence-corrected chi connectivity index (χ3v) is 3.65. The van der Waals surface area contributed by atoms with Gasteiger partial charge in [-0.15, -0.1) is 11.3 Å². The van der Waals surface area contributed by atoms with E-state index in [2.05, 4.69) is 20.9 Å². The Morgan fingerprint density at radius 3 is 2.56 bits per heavy atom. The highest BCUT2D eigenvalue weighted by Gasteiger charge is 2.11. The van der Waals surface area contributed by atoms with E-state index in [1.165, 1.54) is 18.3 Å². The zero-order chi connectivity index (χ0) is 18.2. The molecule has 25 heavy (non-hydrogen) atoms. The van der Waals surface area contributed by atoms with Gasteiger partial charge in [0.25, 0.3) is 0 Å². The minimum Gasteiger partial charge on any atom is -0.450 e. The molecule has 1 aromatic carbocycles. The molecule has 2 rings (SSSR count). The number of thiazole rings is 1. The molecule has 3 amide bonds. The highest BCUT2D eigenvalue weighted by Crippen LogP contribution is 2.18. The zero-order valence-electron chi connectivity index (χ0n) is 13.8. The van der Waals surface area contributed by atoms with Crippen molar-refractivity contribution >= 4 is 45.8 Å². The molecule has 0 radical (unpaired) electrons. The Balaban J connectivity index is 1.91. The maximum atomic E-state index is 12.1. The molecule has 0 unspecified atom stereocenters. The second kappa shape index (κ2) is 8.78. The first-order valence-corrected chi connectivity index (χ1v) is 8.40. The Hall–Kier alpha value is -2.94. The van der Waals surface area contributed by atoms with Gasteiger partial charge < -0.3 is 15.4 Å². The number of amides is 3. The Kier molecular flexibility index (Phi) is 6.47. The molecule has 0 atom stereocenters. The van der Waals surface area contributed by atoms with Crippen molar-refractivity contribution in [1.29, 1.82) is 0 Å². The fourth-order valence-corrected chi connectivity index (χ4v) is 2.64. The van der Waals surface area contributed by atoms with Crippen molar-refractivity contribution in [3.63, 3.8) is 0 Å². The minimum atomic E-state index is -0.581. The lowest BCUT2D eigenvalue weighted by molar-refractivity contribution is -0.116. The third kappa shape index (κ3) is 6.22. The van der Waals surface area contributed by atoms with Gasteiger partial charge in [0.15, 0.2) is 5.13 Å². The monoisotopic (exact) mass is 362 g/mol.